The second-order valence-electron chi connectivity index (χ2n) is 7.20. The fourth-order valence-electron chi connectivity index (χ4n) is 4.01. The summed E-state index contributed by atoms with van der Waals surface area (Å²) in [4.78, 5) is 0. The molecular formula is C22H21FN+. The SMILES string of the molecule is Cc1cc2c(cc1-c1c(F)ccc[n+]1C)-c1ccccc1C2(C)C. The predicted octanol–water partition coefficient (Wildman–Crippen LogP) is 4.93. The Morgan fingerprint density at radius 3 is 2.38 bits per heavy atom. The fourth-order valence-corrected chi connectivity index (χ4v) is 4.01. The van der Waals surface area contributed by atoms with Crippen LogP contribution in [0.2, 0.25) is 0 Å². The minimum absolute atomic E-state index is 0.0212. The molecule has 3 aromatic rings. The van der Waals surface area contributed by atoms with Crippen LogP contribution in [0.1, 0.15) is 30.5 Å². The average Bonchev–Trinajstić information content (AvgIpc) is 2.76. The quantitative estimate of drug-likeness (QED) is 0.560. The number of benzene rings is 2. The van der Waals surface area contributed by atoms with E-state index in [1.54, 1.807) is 6.07 Å². The minimum Gasteiger partial charge on any atom is -0.200 e. The van der Waals surface area contributed by atoms with Gasteiger partial charge >= 0.3 is 0 Å². The smallest absolute Gasteiger partial charge is 0.200 e. The summed E-state index contributed by atoms with van der Waals surface area (Å²) in [6.07, 6.45) is 1.89. The highest BCUT2D eigenvalue weighted by Gasteiger charge is 2.36. The standard InChI is InChI=1S/C22H21FN/c1-14-12-19-17(15-8-5-6-9-18(15)22(19,2)3)13-16(14)21-20(23)10-7-11-24(21)4/h5-13H,1-4H3/q+1. The monoisotopic (exact) mass is 318 g/mol. The summed E-state index contributed by atoms with van der Waals surface area (Å²) in [7, 11) is 1.89. The number of hydrogen-bond acceptors (Lipinski definition) is 0. The van der Waals surface area contributed by atoms with Crippen molar-refractivity contribution in [2.45, 2.75) is 26.2 Å². The average molecular weight is 318 g/mol. The molecule has 0 unspecified atom stereocenters. The first-order valence-corrected chi connectivity index (χ1v) is 8.31. The summed E-state index contributed by atoms with van der Waals surface area (Å²) in [5.41, 5.74) is 7.83. The van der Waals surface area contributed by atoms with Gasteiger partial charge in [0.25, 0.3) is 0 Å². The van der Waals surface area contributed by atoms with E-state index in [4.69, 9.17) is 0 Å². The number of rotatable bonds is 1. The molecule has 0 atom stereocenters. The molecule has 0 saturated heterocycles. The highest BCUT2D eigenvalue weighted by molar-refractivity contribution is 5.84. The van der Waals surface area contributed by atoms with Crippen molar-refractivity contribution < 1.29 is 8.96 Å². The molecule has 1 aliphatic rings. The van der Waals surface area contributed by atoms with E-state index in [0.29, 0.717) is 5.69 Å². The third kappa shape index (κ3) is 1.96. The lowest BCUT2D eigenvalue weighted by molar-refractivity contribution is -0.661. The first-order chi connectivity index (χ1) is 11.4. The minimum atomic E-state index is -0.186. The maximum atomic E-state index is 14.5. The normalized spacial score (nSPS) is 14.4. The van der Waals surface area contributed by atoms with Crippen LogP contribution in [0.4, 0.5) is 4.39 Å². The fraction of sp³-hybridized carbons (Fsp3) is 0.227. The molecule has 0 spiro atoms. The molecule has 120 valence electrons. The Labute approximate surface area is 142 Å². The molecular weight excluding hydrogens is 297 g/mol. The van der Waals surface area contributed by atoms with E-state index < -0.39 is 0 Å². The van der Waals surface area contributed by atoms with Gasteiger partial charge in [0, 0.05) is 11.5 Å². The van der Waals surface area contributed by atoms with Crippen LogP contribution in [-0.4, -0.2) is 0 Å². The van der Waals surface area contributed by atoms with Gasteiger partial charge in [0.15, 0.2) is 12.0 Å². The molecule has 0 aliphatic heterocycles. The van der Waals surface area contributed by atoms with Crippen LogP contribution in [0, 0.1) is 12.7 Å². The molecule has 0 amide bonds. The molecule has 24 heavy (non-hydrogen) atoms. The van der Waals surface area contributed by atoms with Gasteiger partial charge in [-0.15, -0.1) is 0 Å². The lowest BCUT2D eigenvalue weighted by Gasteiger charge is -2.22. The highest BCUT2D eigenvalue weighted by atomic mass is 19.1. The van der Waals surface area contributed by atoms with Crippen LogP contribution in [0.15, 0.2) is 54.7 Å². The van der Waals surface area contributed by atoms with Crippen molar-refractivity contribution in [3.8, 4) is 22.4 Å². The summed E-state index contributed by atoms with van der Waals surface area (Å²) < 4.78 is 16.4. The molecule has 0 fully saturated rings. The van der Waals surface area contributed by atoms with Gasteiger partial charge < -0.3 is 0 Å². The number of nitrogens with zero attached hydrogens (tertiary/aromatic N) is 1. The van der Waals surface area contributed by atoms with Gasteiger partial charge in [-0.3, -0.25) is 0 Å². The van der Waals surface area contributed by atoms with Gasteiger partial charge in [-0.25, -0.2) is 0 Å². The molecule has 0 saturated carbocycles. The van der Waals surface area contributed by atoms with Crippen molar-refractivity contribution in [2.75, 3.05) is 0 Å². The summed E-state index contributed by atoms with van der Waals surface area (Å²) in [5.74, 6) is -0.186. The number of aryl methyl sites for hydroxylation is 2. The lowest BCUT2D eigenvalue weighted by atomic mass is 9.81. The van der Waals surface area contributed by atoms with Crippen molar-refractivity contribution in [2.24, 2.45) is 7.05 Å². The van der Waals surface area contributed by atoms with E-state index in [1.165, 1.54) is 28.3 Å². The number of halogens is 1. The van der Waals surface area contributed by atoms with Crippen molar-refractivity contribution >= 4 is 0 Å². The molecule has 0 bridgehead atoms. The molecule has 2 aromatic carbocycles. The van der Waals surface area contributed by atoms with Crippen LogP contribution < -0.4 is 4.57 Å². The number of pyridine rings is 1. The molecule has 1 aliphatic carbocycles. The van der Waals surface area contributed by atoms with E-state index in [9.17, 15) is 4.39 Å². The Kier molecular flexibility index (Phi) is 3.14. The molecule has 1 aromatic heterocycles. The molecule has 2 heteroatoms. The van der Waals surface area contributed by atoms with Crippen molar-refractivity contribution in [1.82, 2.24) is 0 Å². The Hall–Kier alpha value is -2.48. The lowest BCUT2D eigenvalue weighted by Crippen LogP contribution is -2.31. The van der Waals surface area contributed by atoms with Gasteiger partial charge in [0.05, 0.1) is 5.56 Å². The van der Waals surface area contributed by atoms with Crippen LogP contribution in [0.5, 0.6) is 0 Å². The van der Waals surface area contributed by atoms with Gasteiger partial charge in [0.1, 0.15) is 7.05 Å². The predicted molar refractivity (Wildman–Crippen MR) is 95.3 cm³/mol. The first kappa shape index (κ1) is 15.1. The van der Waals surface area contributed by atoms with Gasteiger partial charge in [-0.05, 0) is 46.9 Å². The summed E-state index contributed by atoms with van der Waals surface area (Å²) >= 11 is 0. The van der Waals surface area contributed by atoms with Crippen LogP contribution in [0.3, 0.4) is 0 Å². The second kappa shape index (κ2) is 5.01. The number of hydrogen-bond donors (Lipinski definition) is 0. The molecule has 0 N–H and O–H groups in total. The van der Waals surface area contributed by atoms with Crippen LogP contribution in [0.25, 0.3) is 22.4 Å². The Balaban J connectivity index is 2.04. The zero-order chi connectivity index (χ0) is 17.1. The van der Waals surface area contributed by atoms with Gasteiger partial charge in [-0.1, -0.05) is 44.2 Å². The van der Waals surface area contributed by atoms with E-state index in [0.717, 1.165) is 11.1 Å². The Bertz CT molecular complexity index is 949. The molecule has 0 radical (unpaired) electrons. The largest absolute Gasteiger partial charge is 0.248 e. The Morgan fingerprint density at radius 2 is 1.62 bits per heavy atom. The van der Waals surface area contributed by atoms with Crippen LogP contribution >= 0.6 is 0 Å². The van der Waals surface area contributed by atoms with E-state index in [1.807, 2.05) is 17.8 Å². The van der Waals surface area contributed by atoms with E-state index in [-0.39, 0.29) is 11.2 Å². The third-order valence-electron chi connectivity index (χ3n) is 5.31. The van der Waals surface area contributed by atoms with Crippen LogP contribution in [-0.2, 0) is 12.5 Å². The second-order valence-corrected chi connectivity index (χ2v) is 7.20. The van der Waals surface area contributed by atoms with Crippen molar-refractivity contribution in [3.63, 3.8) is 0 Å². The summed E-state index contributed by atoms with van der Waals surface area (Å²) in [6, 6.07) is 16.2. The maximum absolute atomic E-state index is 14.5. The highest BCUT2D eigenvalue weighted by Crippen LogP contribution is 2.50. The number of fused-ring (bicyclic) bond motifs is 3. The van der Waals surface area contributed by atoms with Gasteiger partial charge in [0.2, 0.25) is 5.69 Å². The zero-order valence-electron chi connectivity index (χ0n) is 14.5. The molecule has 1 heterocycles. The van der Waals surface area contributed by atoms with E-state index >= 15 is 0 Å². The summed E-state index contributed by atoms with van der Waals surface area (Å²) in [5, 5.41) is 0. The van der Waals surface area contributed by atoms with Crippen molar-refractivity contribution in [1.29, 1.82) is 0 Å². The topological polar surface area (TPSA) is 3.88 Å². The summed E-state index contributed by atoms with van der Waals surface area (Å²) in [6.45, 7) is 6.60. The Morgan fingerprint density at radius 1 is 0.875 bits per heavy atom. The maximum Gasteiger partial charge on any atom is 0.248 e. The van der Waals surface area contributed by atoms with Crippen molar-refractivity contribution in [3.05, 3.63) is 77.2 Å². The third-order valence-corrected chi connectivity index (χ3v) is 5.31. The first-order valence-electron chi connectivity index (χ1n) is 8.31. The zero-order valence-corrected chi connectivity index (χ0v) is 14.5. The number of aromatic nitrogens is 1. The molecule has 4 rings (SSSR count). The van der Waals surface area contributed by atoms with E-state index in [2.05, 4.69) is 57.2 Å². The molecule has 1 nitrogen and oxygen atoms in total. The van der Waals surface area contributed by atoms with Gasteiger partial charge in [-0.2, -0.15) is 8.96 Å².